The summed E-state index contributed by atoms with van der Waals surface area (Å²) in [5.41, 5.74) is 0. The summed E-state index contributed by atoms with van der Waals surface area (Å²) < 4.78 is 31.1. The van der Waals surface area contributed by atoms with Crippen LogP contribution < -0.4 is 0 Å². The molecule has 0 aliphatic rings. The third kappa shape index (κ3) is 1.58. The molecule has 0 bridgehead atoms. The lowest BCUT2D eigenvalue weighted by Crippen LogP contribution is -1.99. The average Bonchev–Trinajstić information content (AvgIpc) is 2.22. The van der Waals surface area contributed by atoms with Crippen LogP contribution in [0.3, 0.4) is 0 Å². The molecule has 0 amide bonds. The normalized spacial score (nSPS) is 11.8. The molecule has 0 unspecified atom stereocenters. The molecule has 0 radical (unpaired) electrons. The van der Waals surface area contributed by atoms with Gasteiger partial charge in [0.05, 0.1) is 0 Å². The van der Waals surface area contributed by atoms with Gasteiger partial charge in [0, 0.05) is 16.8 Å². The van der Waals surface area contributed by atoms with Gasteiger partial charge in [0.15, 0.2) is 11.5 Å². The first-order valence-corrected chi connectivity index (χ1v) is 5.76. The minimum atomic E-state index is -4.44. The van der Waals surface area contributed by atoms with E-state index in [-0.39, 0.29) is 10.8 Å². The van der Waals surface area contributed by atoms with Gasteiger partial charge in [-0.05, 0) is 0 Å². The summed E-state index contributed by atoms with van der Waals surface area (Å²) in [5.74, 6) is -1.01. The Labute approximate surface area is 91.3 Å². The second-order valence-corrected chi connectivity index (χ2v) is 4.65. The summed E-state index contributed by atoms with van der Waals surface area (Å²) >= 11 is 0. The number of rotatable bonds is 1. The van der Waals surface area contributed by atoms with E-state index in [0.717, 1.165) is 6.07 Å². The van der Waals surface area contributed by atoms with E-state index < -0.39 is 26.5 Å². The van der Waals surface area contributed by atoms with Crippen molar-refractivity contribution in [1.29, 1.82) is 0 Å². The molecule has 84 valence electrons. The van der Waals surface area contributed by atoms with E-state index in [1.807, 2.05) is 0 Å². The number of hydrogen-bond donors (Lipinski definition) is 3. The Morgan fingerprint density at radius 1 is 1.00 bits per heavy atom. The SMILES string of the molecule is O=S(=O)(O)c1cc(O)c(O)c2ccccc12. The van der Waals surface area contributed by atoms with E-state index in [9.17, 15) is 18.6 Å². The summed E-state index contributed by atoms with van der Waals surface area (Å²) in [6, 6.07) is 6.83. The number of phenolic OH excluding ortho intramolecular Hbond substituents is 2. The lowest BCUT2D eigenvalue weighted by Gasteiger charge is -2.07. The molecule has 0 heterocycles. The molecule has 0 spiro atoms. The van der Waals surface area contributed by atoms with Crippen molar-refractivity contribution in [3.05, 3.63) is 30.3 Å². The Kier molecular flexibility index (Phi) is 2.25. The fourth-order valence-corrected chi connectivity index (χ4v) is 2.24. The summed E-state index contributed by atoms with van der Waals surface area (Å²) in [7, 11) is -4.44. The molecule has 6 heteroatoms. The van der Waals surface area contributed by atoms with E-state index >= 15 is 0 Å². The molecule has 0 saturated carbocycles. The first-order chi connectivity index (χ1) is 7.41. The molecular weight excluding hydrogens is 232 g/mol. The highest BCUT2D eigenvalue weighted by Crippen LogP contribution is 2.37. The average molecular weight is 240 g/mol. The fourth-order valence-electron chi connectivity index (χ4n) is 1.53. The topological polar surface area (TPSA) is 94.8 Å². The Balaban J connectivity index is 3.02. The third-order valence-electron chi connectivity index (χ3n) is 2.24. The van der Waals surface area contributed by atoms with Crippen LogP contribution in [0, 0.1) is 0 Å². The third-order valence-corrected chi connectivity index (χ3v) is 3.13. The summed E-state index contributed by atoms with van der Waals surface area (Å²) in [6.45, 7) is 0. The van der Waals surface area contributed by atoms with Gasteiger partial charge in [0.25, 0.3) is 10.1 Å². The Morgan fingerprint density at radius 3 is 2.12 bits per heavy atom. The highest BCUT2D eigenvalue weighted by atomic mass is 32.2. The highest BCUT2D eigenvalue weighted by Gasteiger charge is 2.18. The van der Waals surface area contributed by atoms with Gasteiger partial charge in [-0.3, -0.25) is 4.55 Å². The van der Waals surface area contributed by atoms with Crippen LogP contribution >= 0.6 is 0 Å². The van der Waals surface area contributed by atoms with E-state index in [4.69, 9.17) is 4.55 Å². The van der Waals surface area contributed by atoms with E-state index in [1.165, 1.54) is 12.1 Å². The van der Waals surface area contributed by atoms with Gasteiger partial charge in [-0.15, -0.1) is 0 Å². The van der Waals surface area contributed by atoms with E-state index in [0.29, 0.717) is 0 Å². The number of hydrogen-bond acceptors (Lipinski definition) is 4. The van der Waals surface area contributed by atoms with Crippen molar-refractivity contribution >= 4 is 20.9 Å². The van der Waals surface area contributed by atoms with Crippen LogP contribution in [0.4, 0.5) is 0 Å². The molecule has 2 aromatic rings. The van der Waals surface area contributed by atoms with Crippen LogP contribution in [0.25, 0.3) is 10.8 Å². The monoisotopic (exact) mass is 240 g/mol. The Bertz CT molecular complexity index is 660. The van der Waals surface area contributed by atoms with Gasteiger partial charge in [-0.1, -0.05) is 24.3 Å². The van der Waals surface area contributed by atoms with Crippen LogP contribution in [-0.2, 0) is 10.1 Å². The van der Waals surface area contributed by atoms with Gasteiger partial charge >= 0.3 is 0 Å². The smallest absolute Gasteiger partial charge is 0.295 e. The van der Waals surface area contributed by atoms with Crippen molar-refractivity contribution in [2.24, 2.45) is 0 Å². The van der Waals surface area contributed by atoms with Crippen LogP contribution in [0.15, 0.2) is 35.2 Å². The minimum absolute atomic E-state index is 0.153. The van der Waals surface area contributed by atoms with Crippen LogP contribution in [0.2, 0.25) is 0 Å². The molecule has 0 saturated heterocycles. The van der Waals surface area contributed by atoms with Gasteiger partial charge in [-0.25, -0.2) is 0 Å². The number of aromatic hydroxyl groups is 2. The van der Waals surface area contributed by atoms with Crippen LogP contribution in [0.5, 0.6) is 11.5 Å². The standard InChI is InChI=1S/C10H8O5S/c11-8-5-9(16(13,14)15)6-3-1-2-4-7(6)10(8)12/h1-5,11-12H,(H,13,14,15). The van der Waals surface area contributed by atoms with Gasteiger partial charge in [0.1, 0.15) is 4.90 Å². The molecule has 0 aliphatic heterocycles. The van der Waals surface area contributed by atoms with Crippen molar-refractivity contribution < 1.29 is 23.2 Å². The molecule has 0 aromatic heterocycles. The second-order valence-electron chi connectivity index (χ2n) is 3.26. The lowest BCUT2D eigenvalue weighted by atomic mass is 10.1. The Hall–Kier alpha value is -1.79. The second kappa shape index (κ2) is 3.36. The molecule has 0 atom stereocenters. The lowest BCUT2D eigenvalue weighted by molar-refractivity contribution is 0.406. The first-order valence-electron chi connectivity index (χ1n) is 4.32. The zero-order chi connectivity index (χ0) is 11.9. The molecule has 0 fully saturated rings. The molecular formula is C10H8O5S. The van der Waals surface area contributed by atoms with Crippen molar-refractivity contribution in [1.82, 2.24) is 0 Å². The van der Waals surface area contributed by atoms with Crippen LogP contribution in [0.1, 0.15) is 0 Å². The predicted octanol–water partition coefficient (Wildman–Crippen LogP) is 1.50. The maximum Gasteiger partial charge on any atom is 0.295 e. The van der Waals surface area contributed by atoms with E-state index in [1.54, 1.807) is 12.1 Å². The summed E-state index contributed by atoms with van der Waals surface area (Å²) in [5, 5.41) is 19.2. The largest absolute Gasteiger partial charge is 0.504 e. The predicted molar refractivity (Wildman–Crippen MR) is 57.1 cm³/mol. The fraction of sp³-hybridized carbons (Fsp3) is 0. The van der Waals surface area contributed by atoms with Crippen molar-refractivity contribution in [3.8, 4) is 11.5 Å². The van der Waals surface area contributed by atoms with Gasteiger partial charge in [0.2, 0.25) is 0 Å². The van der Waals surface area contributed by atoms with E-state index in [2.05, 4.69) is 0 Å². The Morgan fingerprint density at radius 2 is 1.56 bits per heavy atom. The highest BCUT2D eigenvalue weighted by molar-refractivity contribution is 7.86. The van der Waals surface area contributed by atoms with Gasteiger partial charge in [-0.2, -0.15) is 8.42 Å². The molecule has 2 aromatic carbocycles. The maximum atomic E-state index is 11.1. The molecule has 16 heavy (non-hydrogen) atoms. The van der Waals surface area contributed by atoms with Crippen molar-refractivity contribution in [3.63, 3.8) is 0 Å². The number of fused-ring (bicyclic) bond motifs is 1. The van der Waals surface area contributed by atoms with Crippen LogP contribution in [-0.4, -0.2) is 23.2 Å². The van der Waals surface area contributed by atoms with Gasteiger partial charge < -0.3 is 10.2 Å². The quantitative estimate of drug-likeness (QED) is 0.518. The molecule has 2 rings (SSSR count). The molecule has 0 aliphatic carbocycles. The molecule has 3 N–H and O–H groups in total. The number of phenols is 2. The van der Waals surface area contributed by atoms with Crippen molar-refractivity contribution in [2.45, 2.75) is 4.90 Å². The number of benzene rings is 2. The maximum absolute atomic E-state index is 11.1. The van der Waals surface area contributed by atoms with Crippen molar-refractivity contribution in [2.75, 3.05) is 0 Å². The molecule has 5 nitrogen and oxygen atoms in total. The summed E-state index contributed by atoms with van der Waals surface area (Å²) in [4.78, 5) is -0.432. The zero-order valence-corrected chi connectivity index (χ0v) is 8.77. The zero-order valence-electron chi connectivity index (χ0n) is 7.95. The summed E-state index contributed by atoms with van der Waals surface area (Å²) in [6.07, 6.45) is 0. The first kappa shape index (κ1) is 10.7. The minimum Gasteiger partial charge on any atom is -0.504 e.